The van der Waals surface area contributed by atoms with Gasteiger partial charge in [0.2, 0.25) is 0 Å². The van der Waals surface area contributed by atoms with Crippen molar-refractivity contribution >= 4 is 16.7 Å². The number of aromatic nitrogens is 1. The van der Waals surface area contributed by atoms with E-state index < -0.39 is 0 Å². The quantitative estimate of drug-likeness (QED) is 0.812. The van der Waals surface area contributed by atoms with Crippen LogP contribution in [-0.4, -0.2) is 23.4 Å². The van der Waals surface area contributed by atoms with Crippen molar-refractivity contribution < 1.29 is 4.79 Å². The van der Waals surface area contributed by atoms with Crippen LogP contribution in [0.5, 0.6) is 0 Å². The monoisotopic (exact) mass is 226 g/mol. The minimum Gasteiger partial charge on any atom is -0.307 e. The number of benzene rings is 1. The van der Waals surface area contributed by atoms with Crippen LogP contribution in [0.3, 0.4) is 0 Å². The molecule has 1 saturated carbocycles. The lowest BCUT2D eigenvalue weighted by Gasteiger charge is -2.03. The first-order valence-corrected chi connectivity index (χ1v) is 5.94. The van der Waals surface area contributed by atoms with Crippen LogP contribution < -0.4 is 5.32 Å². The molecule has 0 bridgehead atoms. The van der Waals surface area contributed by atoms with Gasteiger partial charge in [-0.15, -0.1) is 0 Å². The van der Waals surface area contributed by atoms with Crippen LogP contribution in [0.25, 0.3) is 10.9 Å². The van der Waals surface area contributed by atoms with Crippen molar-refractivity contribution in [3.63, 3.8) is 0 Å². The Morgan fingerprint density at radius 1 is 1.35 bits per heavy atom. The maximum absolute atomic E-state index is 11.9. The van der Waals surface area contributed by atoms with Gasteiger partial charge in [-0.3, -0.25) is 9.78 Å². The molecular weight excluding hydrogens is 212 g/mol. The molecule has 1 aliphatic rings. The number of ketones is 1. The van der Waals surface area contributed by atoms with Crippen LogP contribution in [-0.2, 0) is 0 Å². The Morgan fingerprint density at radius 3 is 3.06 bits per heavy atom. The van der Waals surface area contributed by atoms with Crippen molar-refractivity contribution in [1.82, 2.24) is 10.3 Å². The Hall–Kier alpha value is -1.74. The van der Waals surface area contributed by atoms with Crippen molar-refractivity contribution in [2.45, 2.75) is 18.9 Å². The number of fused-ring (bicyclic) bond motifs is 1. The molecule has 2 aromatic rings. The van der Waals surface area contributed by atoms with Gasteiger partial charge in [0.15, 0.2) is 5.78 Å². The second-order valence-corrected chi connectivity index (χ2v) is 4.49. The van der Waals surface area contributed by atoms with Crippen LogP contribution in [0, 0.1) is 0 Å². The zero-order chi connectivity index (χ0) is 11.7. The number of hydrogen-bond donors (Lipinski definition) is 1. The SMILES string of the molecule is O=C(CNC1CC1)c1ccc2ncccc2c1. The van der Waals surface area contributed by atoms with E-state index in [2.05, 4.69) is 10.3 Å². The largest absolute Gasteiger partial charge is 0.307 e. The summed E-state index contributed by atoms with van der Waals surface area (Å²) in [6.45, 7) is 0.441. The van der Waals surface area contributed by atoms with Gasteiger partial charge in [-0.2, -0.15) is 0 Å². The van der Waals surface area contributed by atoms with Gasteiger partial charge in [-0.1, -0.05) is 6.07 Å². The lowest BCUT2D eigenvalue weighted by atomic mass is 10.1. The molecule has 1 aromatic heterocycles. The third-order valence-electron chi connectivity index (χ3n) is 3.05. The number of rotatable bonds is 4. The molecule has 17 heavy (non-hydrogen) atoms. The number of carbonyl (C=O) groups excluding carboxylic acids is 1. The Balaban J connectivity index is 1.81. The fraction of sp³-hybridized carbons (Fsp3) is 0.286. The lowest BCUT2D eigenvalue weighted by Crippen LogP contribution is -2.24. The standard InChI is InChI=1S/C14H14N2O/c17-14(9-16-12-4-5-12)11-3-6-13-10(8-11)2-1-7-15-13/h1-3,6-8,12,16H,4-5,9H2. The second kappa shape index (κ2) is 4.26. The van der Waals surface area contributed by atoms with Crippen molar-refractivity contribution in [2.75, 3.05) is 6.54 Å². The molecule has 1 aromatic carbocycles. The normalized spacial score (nSPS) is 15.1. The number of nitrogens with one attached hydrogen (secondary N) is 1. The van der Waals surface area contributed by atoms with Gasteiger partial charge in [0, 0.05) is 23.2 Å². The fourth-order valence-corrected chi connectivity index (χ4v) is 1.88. The van der Waals surface area contributed by atoms with E-state index in [0.717, 1.165) is 16.5 Å². The first-order valence-electron chi connectivity index (χ1n) is 5.94. The van der Waals surface area contributed by atoms with Crippen LogP contribution in [0.15, 0.2) is 36.5 Å². The van der Waals surface area contributed by atoms with E-state index in [1.807, 2.05) is 30.3 Å². The zero-order valence-corrected chi connectivity index (χ0v) is 9.52. The maximum Gasteiger partial charge on any atom is 0.176 e. The van der Waals surface area contributed by atoms with Crippen LogP contribution >= 0.6 is 0 Å². The summed E-state index contributed by atoms with van der Waals surface area (Å²) in [5.41, 5.74) is 1.69. The number of pyridine rings is 1. The van der Waals surface area contributed by atoms with Crippen LogP contribution in [0.2, 0.25) is 0 Å². The minimum atomic E-state index is 0.155. The number of carbonyl (C=O) groups is 1. The van der Waals surface area contributed by atoms with Crippen molar-refractivity contribution in [1.29, 1.82) is 0 Å². The highest BCUT2D eigenvalue weighted by Crippen LogP contribution is 2.19. The van der Waals surface area contributed by atoms with Gasteiger partial charge in [-0.05, 0) is 37.1 Å². The third-order valence-corrected chi connectivity index (χ3v) is 3.05. The first kappa shape index (κ1) is 10.4. The molecule has 3 nitrogen and oxygen atoms in total. The van der Waals surface area contributed by atoms with E-state index >= 15 is 0 Å². The van der Waals surface area contributed by atoms with E-state index in [9.17, 15) is 4.79 Å². The van der Waals surface area contributed by atoms with Crippen molar-refractivity contribution in [3.05, 3.63) is 42.1 Å². The van der Waals surface area contributed by atoms with Gasteiger partial charge in [0.1, 0.15) is 0 Å². The molecule has 0 amide bonds. The maximum atomic E-state index is 11.9. The van der Waals surface area contributed by atoms with E-state index in [1.54, 1.807) is 6.20 Å². The molecule has 1 N–H and O–H groups in total. The summed E-state index contributed by atoms with van der Waals surface area (Å²) in [6.07, 6.45) is 4.17. The van der Waals surface area contributed by atoms with Gasteiger partial charge < -0.3 is 5.32 Å². The number of nitrogens with zero attached hydrogens (tertiary/aromatic N) is 1. The summed E-state index contributed by atoms with van der Waals surface area (Å²) in [7, 11) is 0. The zero-order valence-electron chi connectivity index (χ0n) is 9.52. The van der Waals surface area contributed by atoms with E-state index in [1.165, 1.54) is 12.8 Å². The highest BCUT2D eigenvalue weighted by molar-refractivity contribution is 6.00. The van der Waals surface area contributed by atoms with E-state index in [0.29, 0.717) is 12.6 Å². The third kappa shape index (κ3) is 2.34. The molecule has 1 aliphatic carbocycles. The summed E-state index contributed by atoms with van der Waals surface area (Å²) in [5.74, 6) is 0.155. The molecule has 86 valence electrons. The molecule has 0 spiro atoms. The topological polar surface area (TPSA) is 42.0 Å². The Bertz CT molecular complexity index is 561. The highest BCUT2D eigenvalue weighted by Gasteiger charge is 2.21. The minimum absolute atomic E-state index is 0.155. The first-order chi connectivity index (χ1) is 8.33. The van der Waals surface area contributed by atoms with Crippen LogP contribution in [0.1, 0.15) is 23.2 Å². The molecule has 0 aliphatic heterocycles. The fourth-order valence-electron chi connectivity index (χ4n) is 1.88. The summed E-state index contributed by atoms with van der Waals surface area (Å²) < 4.78 is 0. The smallest absolute Gasteiger partial charge is 0.176 e. The average Bonchev–Trinajstić information content (AvgIpc) is 3.19. The summed E-state index contributed by atoms with van der Waals surface area (Å²) in [4.78, 5) is 16.2. The number of Topliss-reactive ketones (excluding diaryl/α,β-unsaturated/α-hetero) is 1. The van der Waals surface area contributed by atoms with Gasteiger partial charge in [-0.25, -0.2) is 0 Å². The molecule has 3 rings (SSSR count). The lowest BCUT2D eigenvalue weighted by molar-refractivity contribution is 0.0990. The molecule has 0 saturated heterocycles. The molecule has 3 heteroatoms. The summed E-state index contributed by atoms with van der Waals surface area (Å²) in [5, 5.41) is 4.26. The number of hydrogen-bond acceptors (Lipinski definition) is 3. The Kier molecular flexibility index (Phi) is 2.61. The summed E-state index contributed by atoms with van der Waals surface area (Å²) in [6, 6.07) is 10.1. The van der Waals surface area contributed by atoms with E-state index in [-0.39, 0.29) is 5.78 Å². The van der Waals surface area contributed by atoms with Crippen molar-refractivity contribution in [2.24, 2.45) is 0 Å². The molecular formula is C14H14N2O. The van der Waals surface area contributed by atoms with Gasteiger partial charge >= 0.3 is 0 Å². The molecule has 0 unspecified atom stereocenters. The van der Waals surface area contributed by atoms with Gasteiger partial charge in [0.05, 0.1) is 12.1 Å². The molecule has 1 heterocycles. The van der Waals surface area contributed by atoms with Gasteiger partial charge in [0.25, 0.3) is 0 Å². The molecule has 1 fully saturated rings. The predicted molar refractivity (Wildman–Crippen MR) is 67.1 cm³/mol. The highest BCUT2D eigenvalue weighted by atomic mass is 16.1. The Labute approximate surface area is 99.9 Å². The summed E-state index contributed by atoms with van der Waals surface area (Å²) >= 11 is 0. The van der Waals surface area contributed by atoms with Crippen molar-refractivity contribution in [3.8, 4) is 0 Å². The van der Waals surface area contributed by atoms with Crippen LogP contribution in [0.4, 0.5) is 0 Å². The van der Waals surface area contributed by atoms with E-state index in [4.69, 9.17) is 0 Å². The predicted octanol–water partition coefficient (Wildman–Crippen LogP) is 2.17. The molecule has 0 atom stereocenters. The second-order valence-electron chi connectivity index (χ2n) is 4.49. The average molecular weight is 226 g/mol. The Morgan fingerprint density at radius 2 is 2.24 bits per heavy atom. The molecule has 0 radical (unpaired) electrons.